The lowest BCUT2D eigenvalue weighted by atomic mass is 10.1. The highest BCUT2D eigenvalue weighted by Gasteiger charge is 2.06. The van der Waals surface area contributed by atoms with Crippen LogP contribution in [0.5, 0.6) is 5.75 Å². The van der Waals surface area contributed by atoms with E-state index in [9.17, 15) is 13.9 Å². The van der Waals surface area contributed by atoms with Gasteiger partial charge in [0, 0.05) is 13.1 Å². The molecule has 0 radical (unpaired) electrons. The van der Waals surface area contributed by atoms with Gasteiger partial charge in [-0.25, -0.2) is 8.78 Å². The van der Waals surface area contributed by atoms with Crippen molar-refractivity contribution in [2.45, 2.75) is 19.4 Å². The lowest BCUT2D eigenvalue weighted by Gasteiger charge is -2.14. The minimum Gasteiger partial charge on any atom is -0.491 e. The third-order valence-electron chi connectivity index (χ3n) is 3.66. The van der Waals surface area contributed by atoms with Crippen LogP contribution in [-0.2, 0) is 6.42 Å². The van der Waals surface area contributed by atoms with Gasteiger partial charge in [-0.3, -0.25) is 4.99 Å². The van der Waals surface area contributed by atoms with Crippen LogP contribution in [0, 0.1) is 11.6 Å². The Balaban J connectivity index is 0.00000392. The summed E-state index contributed by atoms with van der Waals surface area (Å²) in [7, 11) is 0. The molecule has 0 amide bonds. The Bertz CT molecular complexity index is 730. The molecule has 5 nitrogen and oxygen atoms in total. The molecule has 1 atom stereocenters. The number of rotatable bonds is 9. The first-order chi connectivity index (χ1) is 13.1. The van der Waals surface area contributed by atoms with Crippen molar-refractivity contribution in [3.8, 4) is 5.75 Å². The molecule has 0 aliphatic rings. The molecule has 0 saturated carbocycles. The van der Waals surface area contributed by atoms with Crippen LogP contribution in [0.25, 0.3) is 0 Å². The quantitative estimate of drug-likeness (QED) is 0.279. The molecule has 0 fully saturated rings. The van der Waals surface area contributed by atoms with E-state index in [0.717, 1.165) is 5.56 Å². The van der Waals surface area contributed by atoms with Crippen molar-refractivity contribution in [1.82, 2.24) is 10.6 Å². The molecule has 0 saturated heterocycles. The van der Waals surface area contributed by atoms with E-state index in [1.807, 2.05) is 13.0 Å². The maximum absolute atomic E-state index is 13.2. The molecule has 1 unspecified atom stereocenters. The molecular formula is C20H26F2IN3O2. The highest BCUT2D eigenvalue weighted by atomic mass is 127. The summed E-state index contributed by atoms with van der Waals surface area (Å²) >= 11 is 0. The molecule has 0 bridgehead atoms. The minimum atomic E-state index is -0.797. The molecule has 28 heavy (non-hydrogen) atoms. The van der Waals surface area contributed by atoms with Gasteiger partial charge in [0.15, 0.2) is 5.96 Å². The van der Waals surface area contributed by atoms with Gasteiger partial charge in [0.05, 0.1) is 6.54 Å². The Hall–Kier alpha value is -1.94. The maximum Gasteiger partial charge on any atom is 0.191 e. The van der Waals surface area contributed by atoms with Gasteiger partial charge in [0.25, 0.3) is 0 Å². The number of aliphatic imine (C=N–C) groups is 1. The van der Waals surface area contributed by atoms with Gasteiger partial charge >= 0.3 is 0 Å². The van der Waals surface area contributed by atoms with Crippen LogP contribution < -0.4 is 15.4 Å². The first-order valence-corrected chi connectivity index (χ1v) is 8.90. The van der Waals surface area contributed by atoms with Crippen LogP contribution in [0.4, 0.5) is 8.78 Å². The highest BCUT2D eigenvalue weighted by molar-refractivity contribution is 14.0. The van der Waals surface area contributed by atoms with E-state index in [1.54, 1.807) is 6.07 Å². The summed E-state index contributed by atoms with van der Waals surface area (Å²) in [5, 5.41) is 16.2. The number of guanidine groups is 1. The number of hydrogen-bond donors (Lipinski definition) is 3. The molecule has 0 spiro atoms. The fraction of sp³-hybridized carbons (Fsp3) is 0.350. The molecule has 3 N–H and O–H groups in total. The first-order valence-electron chi connectivity index (χ1n) is 8.90. The molecule has 2 aromatic rings. The normalized spacial score (nSPS) is 12.1. The van der Waals surface area contributed by atoms with E-state index >= 15 is 0 Å². The van der Waals surface area contributed by atoms with E-state index < -0.39 is 6.10 Å². The van der Waals surface area contributed by atoms with Gasteiger partial charge in [-0.05, 0) is 55.3 Å². The first kappa shape index (κ1) is 24.1. The average molecular weight is 505 g/mol. The van der Waals surface area contributed by atoms with Crippen molar-refractivity contribution >= 4 is 29.9 Å². The van der Waals surface area contributed by atoms with Gasteiger partial charge < -0.3 is 20.5 Å². The van der Waals surface area contributed by atoms with Crippen molar-refractivity contribution in [3.05, 3.63) is 65.7 Å². The van der Waals surface area contributed by atoms with Crippen LogP contribution in [0.2, 0.25) is 0 Å². The summed E-state index contributed by atoms with van der Waals surface area (Å²) in [6, 6.07) is 12.1. The standard InChI is InChI=1S/C20H25F2N3O2.HI/c1-2-23-20(24-11-10-15-4-3-5-17(22)12-15)25-13-18(26)14-27-19-8-6-16(21)7-9-19;/h3-9,12,18,26H,2,10-11,13-14H2,1H3,(H2,23,24,25);1H. The largest absolute Gasteiger partial charge is 0.491 e. The monoisotopic (exact) mass is 505 g/mol. The van der Waals surface area contributed by atoms with E-state index in [0.29, 0.717) is 31.2 Å². The number of ether oxygens (including phenoxy) is 1. The fourth-order valence-corrected chi connectivity index (χ4v) is 2.33. The van der Waals surface area contributed by atoms with Crippen LogP contribution in [0.15, 0.2) is 53.5 Å². The van der Waals surface area contributed by atoms with Crippen LogP contribution >= 0.6 is 24.0 Å². The Labute approximate surface area is 181 Å². The van der Waals surface area contributed by atoms with E-state index in [1.165, 1.54) is 36.4 Å². The van der Waals surface area contributed by atoms with Crippen LogP contribution in [0.3, 0.4) is 0 Å². The molecule has 0 aromatic heterocycles. The smallest absolute Gasteiger partial charge is 0.191 e. The number of nitrogens with zero attached hydrogens (tertiary/aromatic N) is 1. The van der Waals surface area contributed by atoms with Crippen LogP contribution in [0.1, 0.15) is 12.5 Å². The van der Waals surface area contributed by atoms with Gasteiger partial charge in [0.1, 0.15) is 30.1 Å². The minimum absolute atomic E-state index is 0. The van der Waals surface area contributed by atoms with Crippen molar-refractivity contribution in [3.63, 3.8) is 0 Å². The lowest BCUT2D eigenvalue weighted by Crippen LogP contribution is -2.39. The third-order valence-corrected chi connectivity index (χ3v) is 3.66. The van der Waals surface area contributed by atoms with Crippen LogP contribution in [-0.4, -0.2) is 43.4 Å². The van der Waals surface area contributed by atoms with E-state index in [-0.39, 0.29) is 48.8 Å². The molecule has 0 aliphatic heterocycles. The third kappa shape index (κ3) is 9.32. The Kier molecular flexibility index (Phi) is 11.4. The molecule has 154 valence electrons. The number of hydrogen-bond acceptors (Lipinski definition) is 3. The second-order valence-electron chi connectivity index (χ2n) is 5.95. The number of nitrogens with one attached hydrogen (secondary N) is 2. The molecule has 0 aliphatic carbocycles. The summed E-state index contributed by atoms with van der Waals surface area (Å²) in [5.41, 5.74) is 0.895. The Morgan fingerprint density at radius 1 is 1.11 bits per heavy atom. The number of halogens is 3. The number of aliphatic hydroxyl groups is 1. The molecule has 2 aromatic carbocycles. The summed E-state index contributed by atoms with van der Waals surface area (Å²) in [4.78, 5) is 4.32. The molecule has 0 heterocycles. The molecule has 2 rings (SSSR count). The fourth-order valence-electron chi connectivity index (χ4n) is 2.33. The maximum atomic E-state index is 13.2. The summed E-state index contributed by atoms with van der Waals surface area (Å²) < 4.78 is 31.4. The molecular weight excluding hydrogens is 479 g/mol. The average Bonchev–Trinajstić information content (AvgIpc) is 2.66. The Morgan fingerprint density at radius 2 is 1.86 bits per heavy atom. The second-order valence-corrected chi connectivity index (χ2v) is 5.95. The van der Waals surface area contributed by atoms with Gasteiger partial charge in [-0.2, -0.15) is 0 Å². The summed E-state index contributed by atoms with van der Waals surface area (Å²) in [5.74, 6) is 0.457. The lowest BCUT2D eigenvalue weighted by molar-refractivity contribution is 0.114. The van der Waals surface area contributed by atoms with Crippen molar-refractivity contribution in [2.24, 2.45) is 4.99 Å². The SMILES string of the molecule is CCNC(=NCC(O)COc1ccc(F)cc1)NCCc1cccc(F)c1.I. The zero-order chi connectivity index (χ0) is 19.5. The number of benzene rings is 2. The zero-order valence-electron chi connectivity index (χ0n) is 15.7. The van der Waals surface area contributed by atoms with Crippen molar-refractivity contribution in [1.29, 1.82) is 0 Å². The predicted octanol–water partition coefficient (Wildman–Crippen LogP) is 3.12. The summed E-state index contributed by atoms with van der Waals surface area (Å²) in [6.45, 7) is 3.40. The van der Waals surface area contributed by atoms with E-state index in [4.69, 9.17) is 4.74 Å². The molecule has 8 heteroatoms. The Morgan fingerprint density at radius 3 is 2.54 bits per heavy atom. The summed E-state index contributed by atoms with van der Waals surface area (Å²) in [6.07, 6.45) is -0.146. The van der Waals surface area contributed by atoms with Crippen molar-refractivity contribution in [2.75, 3.05) is 26.2 Å². The van der Waals surface area contributed by atoms with E-state index in [2.05, 4.69) is 15.6 Å². The van der Waals surface area contributed by atoms with Gasteiger partial charge in [-0.15, -0.1) is 24.0 Å². The van der Waals surface area contributed by atoms with Crippen molar-refractivity contribution < 1.29 is 18.6 Å². The predicted molar refractivity (Wildman–Crippen MR) is 117 cm³/mol. The van der Waals surface area contributed by atoms with Gasteiger partial charge in [-0.1, -0.05) is 12.1 Å². The topological polar surface area (TPSA) is 65.9 Å². The highest BCUT2D eigenvalue weighted by Crippen LogP contribution is 2.11. The number of aliphatic hydroxyl groups excluding tert-OH is 1. The second kappa shape index (κ2) is 13.3. The van der Waals surface area contributed by atoms with Gasteiger partial charge in [0.2, 0.25) is 0 Å². The zero-order valence-corrected chi connectivity index (χ0v) is 18.0.